The molecule has 1 unspecified atom stereocenters. The molecule has 0 radical (unpaired) electrons. The summed E-state index contributed by atoms with van der Waals surface area (Å²) in [6.07, 6.45) is 3.87. The molecular weight excluding hydrogens is 218 g/mol. The van der Waals surface area contributed by atoms with Gasteiger partial charge in [0, 0.05) is 32.4 Å². The zero-order valence-electron chi connectivity index (χ0n) is 10.00. The molecule has 0 fully saturated rings. The minimum Gasteiger partial charge on any atom is -0.424 e. The fourth-order valence-corrected chi connectivity index (χ4v) is 2.16. The van der Waals surface area contributed by atoms with Crippen LogP contribution in [0.5, 0.6) is 0 Å². The second-order valence-corrected chi connectivity index (χ2v) is 4.34. The van der Waals surface area contributed by atoms with Crippen LogP contribution in [0.15, 0.2) is 16.8 Å². The maximum absolute atomic E-state index is 5.48. The van der Waals surface area contributed by atoms with Crippen molar-refractivity contribution < 1.29 is 4.42 Å². The molecule has 0 spiro atoms. The third-order valence-corrected chi connectivity index (χ3v) is 3.22. The van der Waals surface area contributed by atoms with E-state index in [4.69, 9.17) is 4.42 Å². The minimum absolute atomic E-state index is 0.140. The molecule has 1 aliphatic heterocycles. The number of fused-ring (bicyclic) bond motifs is 1. The second kappa shape index (κ2) is 3.96. The molecule has 3 rings (SSSR count). The van der Waals surface area contributed by atoms with E-state index in [-0.39, 0.29) is 6.04 Å². The maximum atomic E-state index is 5.48. The minimum atomic E-state index is 0.140. The normalized spacial score (nSPS) is 18.0. The van der Waals surface area contributed by atoms with Gasteiger partial charge in [-0.15, -0.1) is 10.2 Å². The van der Waals surface area contributed by atoms with E-state index >= 15 is 0 Å². The summed E-state index contributed by atoms with van der Waals surface area (Å²) in [6.45, 7) is 6.67. The first kappa shape index (κ1) is 10.5. The average Bonchev–Trinajstić information content (AvgIpc) is 2.95. The molecule has 0 N–H and O–H groups in total. The Bertz CT molecular complexity index is 517. The molecule has 0 amide bonds. The Balaban J connectivity index is 1.78. The van der Waals surface area contributed by atoms with Gasteiger partial charge in [0.1, 0.15) is 5.82 Å². The highest BCUT2D eigenvalue weighted by Gasteiger charge is 2.25. The molecule has 2 aromatic rings. The van der Waals surface area contributed by atoms with Crippen molar-refractivity contribution in [3.8, 4) is 0 Å². The Labute approximate surface area is 99.3 Å². The van der Waals surface area contributed by atoms with Crippen molar-refractivity contribution in [2.24, 2.45) is 0 Å². The van der Waals surface area contributed by atoms with Gasteiger partial charge in [0.15, 0.2) is 0 Å². The number of imidazole rings is 1. The van der Waals surface area contributed by atoms with Gasteiger partial charge < -0.3 is 8.98 Å². The van der Waals surface area contributed by atoms with Crippen LogP contribution in [0.3, 0.4) is 0 Å². The van der Waals surface area contributed by atoms with E-state index in [1.165, 1.54) is 0 Å². The van der Waals surface area contributed by atoms with Crippen LogP contribution >= 0.6 is 0 Å². The van der Waals surface area contributed by atoms with Crippen LogP contribution in [0.1, 0.15) is 30.6 Å². The third-order valence-electron chi connectivity index (χ3n) is 3.22. The number of hydrogen-bond acceptors (Lipinski definition) is 5. The molecule has 90 valence electrons. The molecule has 3 heterocycles. The monoisotopic (exact) mass is 233 g/mol. The lowest BCUT2D eigenvalue weighted by Crippen LogP contribution is -2.35. The molecule has 1 atom stereocenters. The summed E-state index contributed by atoms with van der Waals surface area (Å²) < 4.78 is 7.66. The van der Waals surface area contributed by atoms with Crippen LogP contribution in [0, 0.1) is 6.92 Å². The van der Waals surface area contributed by atoms with Crippen molar-refractivity contribution in [2.75, 3.05) is 6.54 Å². The topological polar surface area (TPSA) is 60.0 Å². The zero-order chi connectivity index (χ0) is 11.8. The molecule has 2 aromatic heterocycles. The largest absolute Gasteiger partial charge is 0.424 e. The molecule has 0 saturated heterocycles. The SMILES string of the molecule is Cc1nnc(C(C)N2CCn3ccnc3C2)o1. The van der Waals surface area contributed by atoms with Crippen molar-refractivity contribution in [3.63, 3.8) is 0 Å². The molecule has 1 aliphatic rings. The summed E-state index contributed by atoms with van der Waals surface area (Å²) >= 11 is 0. The Hall–Kier alpha value is -1.69. The number of aromatic nitrogens is 4. The number of rotatable bonds is 2. The molecule has 0 bridgehead atoms. The van der Waals surface area contributed by atoms with Crippen LogP contribution < -0.4 is 0 Å². The quantitative estimate of drug-likeness (QED) is 0.778. The standard InChI is InChI=1S/C11H15N5O/c1-8(11-14-13-9(2)17-11)16-6-5-15-4-3-12-10(15)7-16/h3-4,8H,5-7H2,1-2H3. The van der Waals surface area contributed by atoms with Gasteiger partial charge in [-0.1, -0.05) is 0 Å². The van der Waals surface area contributed by atoms with Crippen molar-refractivity contribution in [1.29, 1.82) is 0 Å². The van der Waals surface area contributed by atoms with Gasteiger partial charge in [0.25, 0.3) is 0 Å². The number of nitrogens with zero attached hydrogens (tertiary/aromatic N) is 5. The van der Waals surface area contributed by atoms with E-state index in [0.717, 1.165) is 25.5 Å². The first-order chi connectivity index (χ1) is 8.24. The Morgan fingerprint density at radius 1 is 1.35 bits per heavy atom. The maximum Gasteiger partial charge on any atom is 0.233 e. The lowest BCUT2D eigenvalue weighted by atomic mass is 10.2. The van der Waals surface area contributed by atoms with Gasteiger partial charge in [-0.05, 0) is 6.92 Å². The highest BCUT2D eigenvalue weighted by molar-refractivity contribution is 4.98. The number of hydrogen-bond donors (Lipinski definition) is 0. The molecule has 6 nitrogen and oxygen atoms in total. The van der Waals surface area contributed by atoms with E-state index in [9.17, 15) is 0 Å². The van der Waals surface area contributed by atoms with Gasteiger partial charge >= 0.3 is 0 Å². The molecule has 6 heteroatoms. The first-order valence-electron chi connectivity index (χ1n) is 5.78. The Morgan fingerprint density at radius 2 is 2.24 bits per heavy atom. The summed E-state index contributed by atoms with van der Waals surface area (Å²) in [5.74, 6) is 2.40. The van der Waals surface area contributed by atoms with E-state index in [1.807, 2.05) is 19.3 Å². The summed E-state index contributed by atoms with van der Waals surface area (Å²) in [4.78, 5) is 6.64. The van der Waals surface area contributed by atoms with Gasteiger partial charge in [-0.3, -0.25) is 4.90 Å². The van der Waals surface area contributed by atoms with Gasteiger partial charge in [0.05, 0.1) is 12.6 Å². The van der Waals surface area contributed by atoms with Crippen LogP contribution in [0.4, 0.5) is 0 Å². The van der Waals surface area contributed by atoms with Crippen molar-refractivity contribution in [3.05, 3.63) is 30.0 Å². The smallest absolute Gasteiger partial charge is 0.233 e. The van der Waals surface area contributed by atoms with Crippen LogP contribution in [-0.2, 0) is 13.1 Å². The molecule has 0 aliphatic carbocycles. The van der Waals surface area contributed by atoms with E-state index in [2.05, 4.69) is 31.6 Å². The van der Waals surface area contributed by atoms with Crippen molar-refractivity contribution in [2.45, 2.75) is 33.0 Å². The average molecular weight is 233 g/mol. The van der Waals surface area contributed by atoms with E-state index in [1.54, 1.807) is 0 Å². The zero-order valence-corrected chi connectivity index (χ0v) is 10.00. The second-order valence-electron chi connectivity index (χ2n) is 4.34. The van der Waals surface area contributed by atoms with Crippen LogP contribution in [-0.4, -0.2) is 31.2 Å². The summed E-state index contributed by atoms with van der Waals surface area (Å²) in [5, 5.41) is 7.95. The van der Waals surface area contributed by atoms with Gasteiger partial charge in [0.2, 0.25) is 11.8 Å². The Kier molecular flexibility index (Phi) is 2.44. The van der Waals surface area contributed by atoms with E-state index < -0.39 is 0 Å². The predicted molar refractivity (Wildman–Crippen MR) is 60.1 cm³/mol. The molecule has 0 saturated carbocycles. The Morgan fingerprint density at radius 3 is 3.00 bits per heavy atom. The van der Waals surface area contributed by atoms with Crippen LogP contribution in [0.25, 0.3) is 0 Å². The first-order valence-corrected chi connectivity index (χ1v) is 5.78. The van der Waals surface area contributed by atoms with Gasteiger partial charge in [-0.2, -0.15) is 0 Å². The van der Waals surface area contributed by atoms with Crippen molar-refractivity contribution in [1.82, 2.24) is 24.6 Å². The molecular formula is C11H15N5O. The third kappa shape index (κ3) is 1.84. The fourth-order valence-electron chi connectivity index (χ4n) is 2.16. The van der Waals surface area contributed by atoms with Gasteiger partial charge in [-0.25, -0.2) is 4.98 Å². The fraction of sp³-hybridized carbons (Fsp3) is 0.545. The number of aryl methyl sites for hydroxylation is 1. The van der Waals surface area contributed by atoms with Crippen molar-refractivity contribution >= 4 is 0 Å². The van der Waals surface area contributed by atoms with E-state index in [0.29, 0.717) is 11.8 Å². The summed E-state index contributed by atoms with van der Waals surface area (Å²) in [5.41, 5.74) is 0. The summed E-state index contributed by atoms with van der Waals surface area (Å²) in [7, 11) is 0. The highest BCUT2D eigenvalue weighted by atomic mass is 16.4. The molecule has 17 heavy (non-hydrogen) atoms. The highest BCUT2D eigenvalue weighted by Crippen LogP contribution is 2.23. The van der Waals surface area contributed by atoms with Crippen LogP contribution in [0.2, 0.25) is 0 Å². The summed E-state index contributed by atoms with van der Waals surface area (Å²) in [6, 6.07) is 0.140. The predicted octanol–water partition coefficient (Wildman–Crippen LogP) is 1.15. The molecule has 0 aromatic carbocycles. The lowest BCUT2D eigenvalue weighted by molar-refractivity contribution is 0.141. The lowest BCUT2D eigenvalue weighted by Gasteiger charge is -2.30.